The summed E-state index contributed by atoms with van der Waals surface area (Å²) in [4.78, 5) is 10.6. The fourth-order valence-electron chi connectivity index (χ4n) is 0.989. The van der Waals surface area contributed by atoms with Gasteiger partial charge in [0.1, 0.15) is 0 Å². The lowest BCUT2D eigenvalue weighted by molar-refractivity contribution is -0.117. The molecule has 12 heavy (non-hydrogen) atoms. The molecule has 0 fully saturated rings. The van der Waals surface area contributed by atoms with E-state index in [0.29, 0.717) is 11.4 Å². The van der Waals surface area contributed by atoms with E-state index in [1.807, 2.05) is 6.92 Å². The van der Waals surface area contributed by atoms with Crippen molar-refractivity contribution in [3.8, 4) is 0 Å². The Morgan fingerprint density at radius 1 is 1.67 bits per heavy atom. The largest absolute Gasteiger partial charge is 0.396 e. The van der Waals surface area contributed by atoms with Gasteiger partial charge in [0.05, 0.1) is 23.5 Å². The molecular weight excluding hydrogens is 156 g/mol. The summed E-state index contributed by atoms with van der Waals surface area (Å²) in [5.41, 5.74) is 12.6. The lowest BCUT2D eigenvalue weighted by Gasteiger charge is -1.92. The molecule has 0 aliphatic carbocycles. The molecular formula is C7H12N4O. The number of nitrogens with zero attached hydrogens (tertiary/aromatic N) is 2. The second kappa shape index (κ2) is 2.84. The standard InChI is InChI=1S/C7H12N4O/c1-4-7(9)5(3-6(8)12)10-11(4)2/h3,9H2,1-2H3,(H2,8,12). The molecule has 0 aliphatic heterocycles. The minimum atomic E-state index is -0.417. The lowest BCUT2D eigenvalue weighted by Crippen LogP contribution is -2.15. The smallest absolute Gasteiger partial charge is 0.223 e. The van der Waals surface area contributed by atoms with Crippen molar-refractivity contribution in [2.45, 2.75) is 13.3 Å². The second-order valence-corrected chi connectivity index (χ2v) is 2.71. The van der Waals surface area contributed by atoms with Crippen molar-refractivity contribution < 1.29 is 4.79 Å². The summed E-state index contributed by atoms with van der Waals surface area (Å²) in [5, 5.41) is 4.04. The molecule has 0 saturated heterocycles. The maximum Gasteiger partial charge on any atom is 0.223 e. The maximum absolute atomic E-state index is 10.6. The van der Waals surface area contributed by atoms with Crippen LogP contribution in [0.4, 0.5) is 5.69 Å². The fourth-order valence-corrected chi connectivity index (χ4v) is 0.989. The molecule has 0 spiro atoms. The average molecular weight is 168 g/mol. The molecule has 0 aliphatic rings. The Bertz CT molecular complexity index is 315. The predicted molar refractivity (Wildman–Crippen MR) is 45.3 cm³/mol. The predicted octanol–water partition coefficient (Wildman–Crippen LogP) is -0.661. The van der Waals surface area contributed by atoms with Crippen molar-refractivity contribution in [1.82, 2.24) is 9.78 Å². The highest BCUT2D eigenvalue weighted by atomic mass is 16.1. The van der Waals surface area contributed by atoms with Gasteiger partial charge in [0.2, 0.25) is 5.91 Å². The number of hydrogen-bond acceptors (Lipinski definition) is 3. The molecule has 0 unspecified atom stereocenters. The molecule has 1 rings (SSSR count). The highest BCUT2D eigenvalue weighted by molar-refractivity contribution is 5.77. The van der Waals surface area contributed by atoms with Crippen molar-refractivity contribution in [1.29, 1.82) is 0 Å². The first-order valence-corrected chi connectivity index (χ1v) is 3.58. The van der Waals surface area contributed by atoms with E-state index in [2.05, 4.69) is 5.10 Å². The van der Waals surface area contributed by atoms with Crippen LogP contribution < -0.4 is 11.5 Å². The van der Waals surface area contributed by atoms with Crippen molar-refractivity contribution in [2.24, 2.45) is 12.8 Å². The minimum absolute atomic E-state index is 0.105. The number of rotatable bonds is 2. The van der Waals surface area contributed by atoms with Gasteiger partial charge in [-0.2, -0.15) is 5.10 Å². The zero-order chi connectivity index (χ0) is 9.30. The number of nitrogen functional groups attached to an aromatic ring is 1. The lowest BCUT2D eigenvalue weighted by atomic mass is 10.2. The van der Waals surface area contributed by atoms with Crippen molar-refractivity contribution >= 4 is 11.6 Å². The third kappa shape index (κ3) is 1.39. The van der Waals surface area contributed by atoms with Gasteiger partial charge in [-0.1, -0.05) is 0 Å². The summed E-state index contributed by atoms with van der Waals surface area (Å²) in [5.74, 6) is -0.417. The summed E-state index contributed by atoms with van der Waals surface area (Å²) >= 11 is 0. The van der Waals surface area contributed by atoms with Crippen LogP contribution in [0.15, 0.2) is 0 Å². The zero-order valence-corrected chi connectivity index (χ0v) is 7.16. The van der Waals surface area contributed by atoms with Crippen LogP contribution in [0.3, 0.4) is 0 Å². The molecule has 0 bridgehead atoms. The van der Waals surface area contributed by atoms with Gasteiger partial charge in [0.25, 0.3) is 0 Å². The first-order valence-electron chi connectivity index (χ1n) is 3.58. The SMILES string of the molecule is Cc1c(N)c(CC(N)=O)nn1C. The fraction of sp³-hybridized carbons (Fsp3) is 0.429. The summed E-state index contributed by atoms with van der Waals surface area (Å²) < 4.78 is 1.63. The van der Waals surface area contributed by atoms with Gasteiger partial charge in [0, 0.05) is 7.05 Å². The van der Waals surface area contributed by atoms with Gasteiger partial charge in [-0.25, -0.2) is 0 Å². The van der Waals surface area contributed by atoms with E-state index >= 15 is 0 Å². The topological polar surface area (TPSA) is 86.9 Å². The Hall–Kier alpha value is -1.52. The molecule has 1 heterocycles. The van der Waals surface area contributed by atoms with Crippen molar-refractivity contribution in [3.05, 3.63) is 11.4 Å². The molecule has 4 N–H and O–H groups in total. The van der Waals surface area contributed by atoms with Crippen LogP contribution in [-0.4, -0.2) is 15.7 Å². The monoisotopic (exact) mass is 168 g/mol. The van der Waals surface area contributed by atoms with E-state index in [-0.39, 0.29) is 6.42 Å². The number of carbonyl (C=O) groups excluding carboxylic acids is 1. The molecule has 0 aromatic carbocycles. The van der Waals surface area contributed by atoms with E-state index in [4.69, 9.17) is 11.5 Å². The molecule has 5 heteroatoms. The van der Waals surface area contributed by atoms with Crippen molar-refractivity contribution in [2.75, 3.05) is 5.73 Å². The number of hydrogen-bond donors (Lipinski definition) is 2. The van der Waals surface area contributed by atoms with Crippen LogP contribution in [0.25, 0.3) is 0 Å². The van der Waals surface area contributed by atoms with Gasteiger partial charge in [-0.05, 0) is 6.92 Å². The molecule has 1 amide bonds. The molecule has 5 nitrogen and oxygen atoms in total. The van der Waals surface area contributed by atoms with Gasteiger partial charge in [0.15, 0.2) is 0 Å². The van der Waals surface area contributed by atoms with Gasteiger partial charge < -0.3 is 11.5 Å². The van der Waals surface area contributed by atoms with E-state index in [0.717, 1.165) is 5.69 Å². The van der Waals surface area contributed by atoms with Gasteiger partial charge in [-0.15, -0.1) is 0 Å². The Balaban J connectivity index is 3.01. The van der Waals surface area contributed by atoms with Crippen LogP contribution in [0.1, 0.15) is 11.4 Å². The number of nitrogens with two attached hydrogens (primary N) is 2. The van der Waals surface area contributed by atoms with Crippen LogP contribution in [-0.2, 0) is 18.3 Å². The minimum Gasteiger partial charge on any atom is -0.396 e. The summed E-state index contributed by atoms with van der Waals surface area (Å²) in [7, 11) is 1.77. The molecule has 0 atom stereocenters. The number of aryl methyl sites for hydroxylation is 1. The number of aromatic nitrogens is 2. The van der Waals surface area contributed by atoms with Gasteiger partial charge in [-0.3, -0.25) is 9.48 Å². The number of primary amides is 1. The Morgan fingerprint density at radius 2 is 2.25 bits per heavy atom. The quantitative estimate of drug-likeness (QED) is 0.614. The van der Waals surface area contributed by atoms with Gasteiger partial charge >= 0.3 is 0 Å². The summed E-state index contributed by atoms with van der Waals surface area (Å²) in [6, 6.07) is 0. The Morgan fingerprint density at radius 3 is 2.58 bits per heavy atom. The van der Waals surface area contributed by atoms with Crippen LogP contribution in [0.2, 0.25) is 0 Å². The number of amides is 1. The normalized spacial score (nSPS) is 10.2. The average Bonchev–Trinajstić information content (AvgIpc) is 2.17. The van der Waals surface area contributed by atoms with E-state index in [1.54, 1.807) is 11.7 Å². The third-order valence-electron chi connectivity index (χ3n) is 1.80. The molecule has 0 saturated carbocycles. The first kappa shape index (κ1) is 8.58. The maximum atomic E-state index is 10.6. The Labute approximate surface area is 70.3 Å². The summed E-state index contributed by atoms with van der Waals surface area (Å²) in [6.07, 6.45) is 0.105. The number of carbonyl (C=O) groups is 1. The third-order valence-corrected chi connectivity index (χ3v) is 1.80. The summed E-state index contributed by atoms with van der Waals surface area (Å²) in [6.45, 7) is 1.84. The molecule has 1 aromatic rings. The van der Waals surface area contributed by atoms with E-state index in [1.165, 1.54) is 0 Å². The molecule has 1 aromatic heterocycles. The number of anilines is 1. The highest BCUT2D eigenvalue weighted by Gasteiger charge is 2.10. The Kier molecular flexibility index (Phi) is 2.03. The molecule has 0 radical (unpaired) electrons. The van der Waals surface area contributed by atoms with Crippen LogP contribution >= 0.6 is 0 Å². The van der Waals surface area contributed by atoms with E-state index < -0.39 is 5.91 Å². The van der Waals surface area contributed by atoms with E-state index in [9.17, 15) is 4.79 Å². The second-order valence-electron chi connectivity index (χ2n) is 2.71. The highest BCUT2D eigenvalue weighted by Crippen LogP contribution is 2.14. The molecule has 66 valence electrons. The van der Waals surface area contributed by atoms with Crippen LogP contribution in [0, 0.1) is 6.92 Å². The van der Waals surface area contributed by atoms with Crippen LogP contribution in [0.5, 0.6) is 0 Å². The first-order chi connectivity index (χ1) is 5.52. The zero-order valence-electron chi connectivity index (χ0n) is 7.16. The van der Waals surface area contributed by atoms with Crippen molar-refractivity contribution in [3.63, 3.8) is 0 Å².